The van der Waals surface area contributed by atoms with Crippen LogP contribution in [0.2, 0.25) is 0 Å². The summed E-state index contributed by atoms with van der Waals surface area (Å²) >= 11 is 3.60. The van der Waals surface area contributed by atoms with Crippen molar-refractivity contribution in [3.8, 4) is 5.75 Å². The van der Waals surface area contributed by atoms with Gasteiger partial charge in [-0.25, -0.2) is 0 Å². The molecule has 0 aromatic heterocycles. The number of benzene rings is 1. The molecule has 1 N–H and O–H groups in total. The molecular weight excluding hydrogens is 314 g/mol. The molecule has 1 rings (SSSR count). The summed E-state index contributed by atoms with van der Waals surface area (Å²) in [6.07, 6.45) is 1.06. The second-order valence-corrected chi connectivity index (χ2v) is 7.79. The standard InChI is InChI=1S/C17H28BrNO/c1-13(2)11-19-12-14-10-15(6-7-16(14)18)20-9-8-17(3,4)5/h6-7,10,13,19H,8-9,11-12H2,1-5H3. The molecule has 2 nitrogen and oxygen atoms in total. The van der Waals surface area contributed by atoms with E-state index in [1.807, 2.05) is 6.07 Å². The zero-order valence-electron chi connectivity index (χ0n) is 13.4. The third-order valence-corrected chi connectivity index (χ3v) is 3.78. The van der Waals surface area contributed by atoms with Crippen molar-refractivity contribution >= 4 is 15.9 Å². The Morgan fingerprint density at radius 2 is 1.95 bits per heavy atom. The summed E-state index contributed by atoms with van der Waals surface area (Å²) in [6.45, 7) is 13.8. The number of hydrogen-bond donors (Lipinski definition) is 1. The molecule has 3 heteroatoms. The van der Waals surface area contributed by atoms with Gasteiger partial charge < -0.3 is 10.1 Å². The molecule has 0 fully saturated rings. The lowest BCUT2D eigenvalue weighted by Crippen LogP contribution is -2.19. The van der Waals surface area contributed by atoms with E-state index < -0.39 is 0 Å². The largest absolute Gasteiger partial charge is 0.494 e. The Kier molecular flexibility index (Phi) is 7.04. The second-order valence-electron chi connectivity index (χ2n) is 6.94. The Labute approximate surface area is 132 Å². The summed E-state index contributed by atoms with van der Waals surface area (Å²) in [4.78, 5) is 0. The number of rotatable bonds is 7. The van der Waals surface area contributed by atoms with Crippen LogP contribution in [0.4, 0.5) is 0 Å². The highest BCUT2D eigenvalue weighted by Crippen LogP contribution is 2.24. The van der Waals surface area contributed by atoms with Crippen molar-refractivity contribution in [3.63, 3.8) is 0 Å². The van der Waals surface area contributed by atoms with Crippen molar-refractivity contribution in [2.45, 2.75) is 47.6 Å². The molecule has 0 aliphatic heterocycles. The normalized spacial score (nSPS) is 11.9. The maximum atomic E-state index is 5.86. The first kappa shape index (κ1) is 17.5. The number of ether oxygens (including phenoxy) is 1. The van der Waals surface area contributed by atoms with E-state index in [1.165, 1.54) is 5.56 Å². The van der Waals surface area contributed by atoms with Gasteiger partial charge >= 0.3 is 0 Å². The van der Waals surface area contributed by atoms with Gasteiger partial charge in [0.25, 0.3) is 0 Å². The topological polar surface area (TPSA) is 21.3 Å². The first-order valence-corrected chi connectivity index (χ1v) is 8.19. The average Bonchev–Trinajstić information content (AvgIpc) is 2.31. The molecule has 0 saturated heterocycles. The Bertz CT molecular complexity index is 410. The fraction of sp³-hybridized carbons (Fsp3) is 0.647. The summed E-state index contributed by atoms with van der Waals surface area (Å²) in [5, 5.41) is 3.46. The molecular formula is C17H28BrNO. The molecule has 1 aromatic carbocycles. The van der Waals surface area contributed by atoms with Crippen LogP contribution in [0.3, 0.4) is 0 Å². The van der Waals surface area contributed by atoms with E-state index in [0.717, 1.165) is 36.3 Å². The SMILES string of the molecule is CC(C)CNCc1cc(OCCC(C)(C)C)ccc1Br. The van der Waals surface area contributed by atoms with Crippen LogP contribution < -0.4 is 10.1 Å². The van der Waals surface area contributed by atoms with Gasteiger partial charge in [-0.1, -0.05) is 50.5 Å². The van der Waals surface area contributed by atoms with Gasteiger partial charge in [0.15, 0.2) is 0 Å². The van der Waals surface area contributed by atoms with Gasteiger partial charge in [-0.15, -0.1) is 0 Å². The lowest BCUT2D eigenvalue weighted by molar-refractivity contribution is 0.243. The predicted octanol–water partition coefficient (Wildman–Crippen LogP) is 5.01. The minimum atomic E-state index is 0.316. The van der Waals surface area contributed by atoms with Crippen molar-refractivity contribution in [2.75, 3.05) is 13.2 Å². The van der Waals surface area contributed by atoms with Crippen LogP contribution in [-0.2, 0) is 6.54 Å². The van der Waals surface area contributed by atoms with Crippen LogP contribution in [0, 0.1) is 11.3 Å². The number of hydrogen-bond acceptors (Lipinski definition) is 2. The highest BCUT2D eigenvalue weighted by atomic mass is 79.9. The molecule has 1 aromatic rings. The summed E-state index contributed by atoms with van der Waals surface area (Å²) in [5.41, 5.74) is 1.57. The molecule has 0 aliphatic carbocycles. The number of nitrogens with one attached hydrogen (secondary N) is 1. The lowest BCUT2D eigenvalue weighted by atomic mass is 9.93. The first-order valence-electron chi connectivity index (χ1n) is 7.40. The van der Waals surface area contributed by atoms with Gasteiger partial charge in [0, 0.05) is 11.0 Å². The fourth-order valence-corrected chi connectivity index (χ4v) is 2.13. The molecule has 0 atom stereocenters. The van der Waals surface area contributed by atoms with Crippen molar-refractivity contribution in [2.24, 2.45) is 11.3 Å². The van der Waals surface area contributed by atoms with E-state index in [-0.39, 0.29) is 0 Å². The summed E-state index contributed by atoms with van der Waals surface area (Å²) in [7, 11) is 0. The van der Waals surface area contributed by atoms with Crippen LogP contribution >= 0.6 is 15.9 Å². The van der Waals surface area contributed by atoms with Gasteiger partial charge in [-0.3, -0.25) is 0 Å². The summed E-state index contributed by atoms with van der Waals surface area (Å²) in [5.74, 6) is 1.62. The minimum absolute atomic E-state index is 0.316. The van der Waals surface area contributed by atoms with E-state index in [0.29, 0.717) is 11.3 Å². The van der Waals surface area contributed by atoms with E-state index in [2.05, 4.69) is 68.0 Å². The monoisotopic (exact) mass is 341 g/mol. The molecule has 0 bridgehead atoms. The van der Waals surface area contributed by atoms with Gasteiger partial charge in [-0.05, 0) is 48.1 Å². The number of halogens is 1. The van der Waals surface area contributed by atoms with Crippen LogP contribution in [0.5, 0.6) is 5.75 Å². The van der Waals surface area contributed by atoms with Gasteiger partial charge in [0.05, 0.1) is 6.61 Å². The molecule has 0 heterocycles. The predicted molar refractivity (Wildman–Crippen MR) is 90.3 cm³/mol. The average molecular weight is 342 g/mol. The third kappa shape index (κ3) is 7.30. The highest BCUT2D eigenvalue weighted by molar-refractivity contribution is 9.10. The maximum Gasteiger partial charge on any atom is 0.119 e. The van der Waals surface area contributed by atoms with Crippen molar-refractivity contribution < 1.29 is 4.74 Å². The van der Waals surface area contributed by atoms with Crippen molar-refractivity contribution in [3.05, 3.63) is 28.2 Å². The molecule has 114 valence electrons. The van der Waals surface area contributed by atoms with Gasteiger partial charge in [-0.2, -0.15) is 0 Å². The molecule has 0 unspecified atom stereocenters. The highest BCUT2D eigenvalue weighted by Gasteiger charge is 2.10. The Balaban J connectivity index is 2.52. The maximum absolute atomic E-state index is 5.86. The van der Waals surface area contributed by atoms with E-state index in [1.54, 1.807) is 0 Å². The minimum Gasteiger partial charge on any atom is -0.494 e. The Morgan fingerprint density at radius 3 is 2.55 bits per heavy atom. The van der Waals surface area contributed by atoms with Crippen molar-refractivity contribution in [1.29, 1.82) is 0 Å². The summed E-state index contributed by atoms with van der Waals surface area (Å²) in [6, 6.07) is 6.22. The van der Waals surface area contributed by atoms with Crippen LogP contribution in [0.15, 0.2) is 22.7 Å². The molecule has 20 heavy (non-hydrogen) atoms. The second kappa shape index (κ2) is 8.04. The van der Waals surface area contributed by atoms with Gasteiger partial charge in [0.1, 0.15) is 5.75 Å². The molecule has 0 amide bonds. The fourth-order valence-electron chi connectivity index (χ4n) is 1.75. The van der Waals surface area contributed by atoms with E-state index in [4.69, 9.17) is 4.74 Å². The molecule has 0 aliphatic rings. The van der Waals surface area contributed by atoms with Crippen molar-refractivity contribution in [1.82, 2.24) is 5.32 Å². The summed E-state index contributed by atoms with van der Waals surface area (Å²) < 4.78 is 6.99. The lowest BCUT2D eigenvalue weighted by Gasteiger charge is -2.18. The van der Waals surface area contributed by atoms with Crippen LogP contribution in [0.1, 0.15) is 46.6 Å². The first-order chi connectivity index (χ1) is 9.28. The quantitative estimate of drug-likeness (QED) is 0.752. The zero-order valence-corrected chi connectivity index (χ0v) is 15.0. The van der Waals surface area contributed by atoms with E-state index >= 15 is 0 Å². The van der Waals surface area contributed by atoms with Gasteiger partial charge in [0.2, 0.25) is 0 Å². The Morgan fingerprint density at radius 1 is 1.25 bits per heavy atom. The Hall–Kier alpha value is -0.540. The van der Waals surface area contributed by atoms with E-state index in [9.17, 15) is 0 Å². The third-order valence-electron chi connectivity index (χ3n) is 3.01. The molecule has 0 saturated carbocycles. The zero-order chi connectivity index (χ0) is 15.2. The van der Waals surface area contributed by atoms with Crippen LogP contribution in [0.25, 0.3) is 0 Å². The van der Waals surface area contributed by atoms with Crippen LogP contribution in [-0.4, -0.2) is 13.2 Å². The molecule has 0 radical (unpaired) electrons. The molecule has 0 spiro atoms. The smallest absolute Gasteiger partial charge is 0.119 e.